The van der Waals surface area contributed by atoms with Crippen LogP contribution in [0.1, 0.15) is 24.2 Å². The van der Waals surface area contributed by atoms with Crippen molar-refractivity contribution in [1.29, 1.82) is 0 Å². The molecule has 1 aromatic heterocycles. The van der Waals surface area contributed by atoms with Crippen LogP contribution in [0.25, 0.3) is 0 Å². The van der Waals surface area contributed by atoms with E-state index in [0.29, 0.717) is 12.4 Å². The molecule has 0 aromatic carbocycles. The Bertz CT molecular complexity index is 365. The van der Waals surface area contributed by atoms with Gasteiger partial charge < -0.3 is 14.7 Å². The van der Waals surface area contributed by atoms with Crippen molar-refractivity contribution in [3.05, 3.63) is 24.0 Å². The largest absolute Gasteiger partial charge is 0.491 e. The minimum atomic E-state index is -0.994. The molecule has 0 aliphatic heterocycles. The molecule has 17 heavy (non-hydrogen) atoms. The zero-order valence-corrected chi connectivity index (χ0v) is 10.2. The second kappa shape index (κ2) is 6.85. The van der Waals surface area contributed by atoms with Gasteiger partial charge in [-0.25, -0.2) is 4.79 Å². The molecule has 1 heterocycles. The molecule has 1 N–H and O–H groups in total. The van der Waals surface area contributed by atoms with Crippen molar-refractivity contribution in [2.75, 3.05) is 26.2 Å². The topological polar surface area (TPSA) is 62.7 Å². The number of carboxylic acid groups (broad SMARTS) is 1. The second-order valence-corrected chi connectivity index (χ2v) is 3.59. The maximum Gasteiger partial charge on any atom is 0.337 e. The number of aromatic carboxylic acids is 1. The van der Waals surface area contributed by atoms with Gasteiger partial charge in [0.25, 0.3) is 0 Å². The van der Waals surface area contributed by atoms with E-state index in [0.717, 1.165) is 19.6 Å². The molecule has 0 atom stereocenters. The summed E-state index contributed by atoms with van der Waals surface area (Å²) >= 11 is 0. The third-order valence-electron chi connectivity index (χ3n) is 2.53. The summed E-state index contributed by atoms with van der Waals surface area (Å²) in [6, 6.07) is 1.48. The first-order chi connectivity index (χ1) is 8.17. The van der Waals surface area contributed by atoms with Crippen molar-refractivity contribution >= 4 is 5.97 Å². The molecule has 0 saturated heterocycles. The number of pyridine rings is 1. The lowest BCUT2D eigenvalue weighted by Gasteiger charge is -2.17. The molecule has 0 aliphatic carbocycles. The summed E-state index contributed by atoms with van der Waals surface area (Å²) in [5.74, 6) is -0.497. The molecule has 1 aromatic rings. The van der Waals surface area contributed by atoms with Gasteiger partial charge >= 0.3 is 5.97 Å². The van der Waals surface area contributed by atoms with Gasteiger partial charge in [-0.05, 0) is 19.2 Å². The van der Waals surface area contributed by atoms with Gasteiger partial charge in [0, 0.05) is 12.7 Å². The van der Waals surface area contributed by atoms with E-state index < -0.39 is 5.97 Å². The molecular formula is C12H18N2O3. The van der Waals surface area contributed by atoms with Crippen molar-refractivity contribution < 1.29 is 14.6 Å². The van der Waals surface area contributed by atoms with Crippen LogP contribution >= 0.6 is 0 Å². The van der Waals surface area contributed by atoms with E-state index in [-0.39, 0.29) is 5.56 Å². The number of nitrogens with zero attached hydrogens (tertiary/aromatic N) is 2. The molecule has 5 nitrogen and oxygen atoms in total. The molecule has 0 radical (unpaired) electrons. The van der Waals surface area contributed by atoms with Crippen molar-refractivity contribution in [3.8, 4) is 5.75 Å². The van der Waals surface area contributed by atoms with Crippen LogP contribution < -0.4 is 4.74 Å². The lowest BCUT2D eigenvalue weighted by molar-refractivity contribution is 0.0696. The van der Waals surface area contributed by atoms with E-state index in [9.17, 15) is 4.79 Å². The predicted octanol–water partition coefficient (Wildman–Crippen LogP) is 1.50. The zero-order valence-electron chi connectivity index (χ0n) is 10.2. The summed E-state index contributed by atoms with van der Waals surface area (Å²) in [4.78, 5) is 16.8. The van der Waals surface area contributed by atoms with Gasteiger partial charge in [-0.15, -0.1) is 0 Å². The lowest BCUT2D eigenvalue weighted by Crippen LogP contribution is -2.27. The fraction of sp³-hybridized carbons (Fsp3) is 0.500. The van der Waals surface area contributed by atoms with Crippen LogP contribution in [-0.4, -0.2) is 47.2 Å². The molecule has 0 aliphatic rings. The Morgan fingerprint density at radius 1 is 1.41 bits per heavy atom. The SMILES string of the molecule is CCN(CC)CCOc1cncc(C(=O)O)c1. The van der Waals surface area contributed by atoms with Crippen LogP contribution in [0.3, 0.4) is 0 Å². The quantitative estimate of drug-likeness (QED) is 0.780. The Morgan fingerprint density at radius 3 is 2.71 bits per heavy atom. The maximum atomic E-state index is 10.7. The van der Waals surface area contributed by atoms with Gasteiger partial charge in [-0.3, -0.25) is 4.98 Å². The lowest BCUT2D eigenvalue weighted by atomic mass is 10.3. The van der Waals surface area contributed by atoms with Gasteiger partial charge in [0.1, 0.15) is 12.4 Å². The van der Waals surface area contributed by atoms with Crippen LogP contribution in [0.15, 0.2) is 18.5 Å². The van der Waals surface area contributed by atoms with Crippen LogP contribution in [0.5, 0.6) is 5.75 Å². The molecule has 5 heteroatoms. The summed E-state index contributed by atoms with van der Waals surface area (Å²) in [7, 11) is 0. The number of likely N-dealkylation sites (N-methyl/N-ethyl adjacent to an activating group) is 1. The normalized spacial score (nSPS) is 10.5. The molecule has 94 valence electrons. The summed E-state index contributed by atoms with van der Waals surface area (Å²) in [5.41, 5.74) is 0.144. The Balaban J connectivity index is 2.46. The summed E-state index contributed by atoms with van der Waals surface area (Å²) in [6.07, 6.45) is 2.83. The second-order valence-electron chi connectivity index (χ2n) is 3.59. The van der Waals surface area contributed by atoms with Crippen molar-refractivity contribution in [2.45, 2.75) is 13.8 Å². The van der Waals surface area contributed by atoms with E-state index in [2.05, 4.69) is 23.7 Å². The Hall–Kier alpha value is -1.62. The average Bonchev–Trinajstić information content (AvgIpc) is 2.35. The minimum Gasteiger partial charge on any atom is -0.491 e. The molecule has 0 fully saturated rings. The Labute approximate surface area is 101 Å². The minimum absolute atomic E-state index is 0.144. The average molecular weight is 238 g/mol. The summed E-state index contributed by atoms with van der Waals surface area (Å²) in [5, 5.41) is 8.80. The molecular weight excluding hydrogens is 220 g/mol. The maximum absolute atomic E-state index is 10.7. The monoisotopic (exact) mass is 238 g/mol. The van der Waals surface area contributed by atoms with Gasteiger partial charge in [0.2, 0.25) is 0 Å². The summed E-state index contributed by atoms with van der Waals surface area (Å²) < 4.78 is 5.46. The number of ether oxygens (including phenoxy) is 1. The van der Waals surface area contributed by atoms with Gasteiger partial charge in [0.05, 0.1) is 11.8 Å². The first kappa shape index (κ1) is 13.4. The van der Waals surface area contributed by atoms with Crippen LogP contribution in [-0.2, 0) is 0 Å². The van der Waals surface area contributed by atoms with Gasteiger partial charge in [-0.1, -0.05) is 13.8 Å². The van der Waals surface area contributed by atoms with E-state index in [4.69, 9.17) is 9.84 Å². The first-order valence-electron chi connectivity index (χ1n) is 5.70. The number of carboxylic acids is 1. The van der Waals surface area contributed by atoms with E-state index in [1.165, 1.54) is 18.5 Å². The highest BCUT2D eigenvalue weighted by atomic mass is 16.5. The Morgan fingerprint density at radius 2 is 2.12 bits per heavy atom. The van der Waals surface area contributed by atoms with Crippen LogP contribution in [0.2, 0.25) is 0 Å². The standard InChI is InChI=1S/C12H18N2O3/c1-3-14(4-2)5-6-17-11-7-10(12(15)16)8-13-9-11/h7-9H,3-6H2,1-2H3,(H,15,16). The molecule has 1 rings (SSSR count). The van der Waals surface area contributed by atoms with E-state index in [1.807, 2.05) is 0 Å². The number of carbonyl (C=O) groups is 1. The summed E-state index contributed by atoms with van der Waals surface area (Å²) in [6.45, 7) is 7.50. The number of hydrogen-bond acceptors (Lipinski definition) is 4. The highest BCUT2D eigenvalue weighted by molar-refractivity contribution is 5.87. The van der Waals surface area contributed by atoms with Gasteiger partial charge in [-0.2, -0.15) is 0 Å². The van der Waals surface area contributed by atoms with Gasteiger partial charge in [0.15, 0.2) is 0 Å². The van der Waals surface area contributed by atoms with Crippen molar-refractivity contribution in [2.24, 2.45) is 0 Å². The molecule has 0 spiro atoms. The number of aromatic nitrogens is 1. The molecule has 0 bridgehead atoms. The third kappa shape index (κ3) is 4.40. The fourth-order valence-corrected chi connectivity index (χ4v) is 1.45. The number of rotatable bonds is 7. The van der Waals surface area contributed by atoms with Crippen molar-refractivity contribution in [1.82, 2.24) is 9.88 Å². The first-order valence-corrected chi connectivity index (χ1v) is 5.70. The number of hydrogen-bond donors (Lipinski definition) is 1. The van der Waals surface area contributed by atoms with Crippen LogP contribution in [0, 0.1) is 0 Å². The molecule has 0 unspecified atom stereocenters. The molecule has 0 saturated carbocycles. The van der Waals surface area contributed by atoms with E-state index >= 15 is 0 Å². The molecule has 0 amide bonds. The highest BCUT2D eigenvalue weighted by Crippen LogP contribution is 2.10. The highest BCUT2D eigenvalue weighted by Gasteiger charge is 2.05. The van der Waals surface area contributed by atoms with Crippen molar-refractivity contribution in [3.63, 3.8) is 0 Å². The fourth-order valence-electron chi connectivity index (χ4n) is 1.45. The zero-order chi connectivity index (χ0) is 12.7. The Kier molecular flexibility index (Phi) is 5.42. The van der Waals surface area contributed by atoms with E-state index in [1.54, 1.807) is 0 Å². The third-order valence-corrected chi connectivity index (χ3v) is 2.53. The smallest absolute Gasteiger partial charge is 0.337 e. The predicted molar refractivity (Wildman–Crippen MR) is 64.5 cm³/mol. The van der Waals surface area contributed by atoms with Crippen LogP contribution in [0.4, 0.5) is 0 Å².